The lowest BCUT2D eigenvalue weighted by molar-refractivity contribution is 0.414. The zero-order valence-electron chi connectivity index (χ0n) is 10.9. The largest absolute Gasteiger partial charge is 0.495 e. The SMILES string of the molecule is COc1cc(C(NN)c2ccc(C)nc2)ccc1Cl. The van der Waals surface area contributed by atoms with E-state index in [0.717, 1.165) is 16.8 Å². The summed E-state index contributed by atoms with van der Waals surface area (Å²) in [6.45, 7) is 1.94. The lowest BCUT2D eigenvalue weighted by Gasteiger charge is -2.17. The van der Waals surface area contributed by atoms with Crippen LogP contribution in [-0.4, -0.2) is 12.1 Å². The molecule has 19 heavy (non-hydrogen) atoms. The van der Waals surface area contributed by atoms with Crippen molar-refractivity contribution < 1.29 is 4.74 Å². The molecule has 1 heterocycles. The van der Waals surface area contributed by atoms with Gasteiger partial charge in [0.05, 0.1) is 18.2 Å². The lowest BCUT2D eigenvalue weighted by Crippen LogP contribution is -2.29. The number of hydrogen-bond donors (Lipinski definition) is 2. The number of rotatable bonds is 4. The Morgan fingerprint density at radius 3 is 2.58 bits per heavy atom. The average Bonchev–Trinajstić information content (AvgIpc) is 2.43. The smallest absolute Gasteiger partial charge is 0.137 e. The first-order valence-corrected chi connectivity index (χ1v) is 6.25. The maximum Gasteiger partial charge on any atom is 0.137 e. The molecule has 2 aromatic rings. The molecule has 2 rings (SSSR count). The van der Waals surface area contributed by atoms with E-state index in [1.54, 1.807) is 19.4 Å². The Morgan fingerprint density at radius 2 is 2.00 bits per heavy atom. The van der Waals surface area contributed by atoms with Crippen molar-refractivity contribution in [1.29, 1.82) is 0 Å². The second-order valence-corrected chi connectivity index (χ2v) is 4.63. The van der Waals surface area contributed by atoms with Gasteiger partial charge in [0.1, 0.15) is 5.75 Å². The maximum absolute atomic E-state index is 6.02. The molecule has 0 saturated heterocycles. The maximum atomic E-state index is 6.02. The summed E-state index contributed by atoms with van der Waals surface area (Å²) < 4.78 is 5.22. The predicted molar refractivity (Wildman–Crippen MR) is 76.1 cm³/mol. The number of ether oxygens (including phenoxy) is 1. The number of nitrogens with two attached hydrogens (primary N) is 1. The first-order valence-electron chi connectivity index (χ1n) is 5.88. The van der Waals surface area contributed by atoms with Gasteiger partial charge in [-0.05, 0) is 36.2 Å². The van der Waals surface area contributed by atoms with E-state index in [1.165, 1.54) is 0 Å². The highest BCUT2D eigenvalue weighted by molar-refractivity contribution is 6.32. The van der Waals surface area contributed by atoms with Gasteiger partial charge in [-0.15, -0.1) is 0 Å². The summed E-state index contributed by atoms with van der Waals surface area (Å²) >= 11 is 6.02. The van der Waals surface area contributed by atoms with Crippen molar-refractivity contribution in [2.45, 2.75) is 13.0 Å². The van der Waals surface area contributed by atoms with Gasteiger partial charge < -0.3 is 4.74 Å². The predicted octanol–water partition coefficient (Wildman–Crippen LogP) is 2.60. The van der Waals surface area contributed by atoms with Crippen LogP contribution in [0.15, 0.2) is 36.5 Å². The average molecular weight is 278 g/mol. The van der Waals surface area contributed by atoms with Crippen LogP contribution in [0.3, 0.4) is 0 Å². The summed E-state index contributed by atoms with van der Waals surface area (Å²) in [5.74, 6) is 6.28. The molecule has 1 unspecified atom stereocenters. The van der Waals surface area contributed by atoms with E-state index in [9.17, 15) is 0 Å². The minimum absolute atomic E-state index is 0.153. The molecule has 0 fully saturated rings. The van der Waals surface area contributed by atoms with Crippen molar-refractivity contribution in [3.63, 3.8) is 0 Å². The van der Waals surface area contributed by atoms with Gasteiger partial charge in [0.25, 0.3) is 0 Å². The molecule has 5 heteroatoms. The Balaban J connectivity index is 2.39. The molecule has 0 spiro atoms. The minimum atomic E-state index is -0.153. The molecule has 0 amide bonds. The summed E-state index contributed by atoms with van der Waals surface area (Å²) in [7, 11) is 1.59. The molecule has 1 aromatic heterocycles. The third-order valence-electron chi connectivity index (χ3n) is 2.94. The van der Waals surface area contributed by atoms with Crippen LogP contribution in [0.4, 0.5) is 0 Å². The van der Waals surface area contributed by atoms with Gasteiger partial charge in [0.15, 0.2) is 0 Å². The summed E-state index contributed by atoms with van der Waals surface area (Å²) in [6.07, 6.45) is 1.81. The van der Waals surface area contributed by atoms with Crippen LogP contribution in [-0.2, 0) is 0 Å². The van der Waals surface area contributed by atoms with E-state index in [2.05, 4.69) is 10.4 Å². The normalized spacial score (nSPS) is 12.2. The van der Waals surface area contributed by atoms with E-state index in [-0.39, 0.29) is 6.04 Å². The third kappa shape index (κ3) is 3.04. The quantitative estimate of drug-likeness (QED) is 0.666. The number of nitrogens with zero attached hydrogens (tertiary/aromatic N) is 1. The first-order chi connectivity index (χ1) is 9.15. The summed E-state index contributed by atoms with van der Waals surface area (Å²) in [5.41, 5.74) is 5.70. The standard InChI is InChI=1S/C14H16ClN3O/c1-9-3-4-11(8-17-9)14(18-16)10-5-6-12(15)13(7-10)19-2/h3-8,14,18H,16H2,1-2H3. The number of benzene rings is 1. The number of halogens is 1. The fourth-order valence-corrected chi connectivity index (χ4v) is 2.09. The Labute approximate surface area is 117 Å². The van der Waals surface area contributed by atoms with Crippen LogP contribution < -0.4 is 16.0 Å². The lowest BCUT2D eigenvalue weighted by atomic mass is 10.0. The van der Waals surface area contributed by atoms with Crippen LogP contribution in [0.25, 0.3) is 0 Å². The first kappa shape index (κ1) is 13.8. The van der Waals surface area contributed by atoms with Gasteiger partial charge in [-0.25, -0.2) is 5.43 Å². The van der Waals surface area contributed by atoms with Gasteiger partial charge in [-0.3, -0.25) is 10.8 Å². The van der Waals surface area contributed by atoms with E-state index in [0.29, 0.717) is 10.8 Å². The molecule has 1 aromatic carbocycles. The van der Waals surface area contributed by atoms with Gasteiger partial charge in [0.2, 0.25) is 0 Å². The molecule has 0 aliphatic rings. The van der Waals surface area contributed by atoms with Crippen LogP contribution in [0, 0.1) is 6.92 Å². The fourth-order valence-electron chi connectivity index (χ4n) is 1.89. The molecule has 4 nitrogen and oxygen atoms in total. The topological polar surface area (TPSA) is 60.2 Å². The number of pyridine rings is 1. The zero-order valence-corrected chi connectivity index (χ0v) is 11.6. The van der Waals surface area contributed by atoms with Crippen molar-refractivity contribution in [2.75, 3.05) is 7.11 Å². The highest BCUT2D eigenvalue weighted by Crippen LogP contribution is 2.29. The molecule has 0 aliphatic carbocycles. The van der Waals surface area contributed by atoms with Gasteiger partial charge in [-0.1, -0.05) is 23.7 Å². The summed E-state index contributed by atoms with van der Waals surface area (Å²) in [6, 6.07) is 9.36. The molecule has 0 bridgehead atoms. The van der Waals surface area contributed by atoms with E-state index in [1.807, 2.05) is 31.2 Å². The number of hydrazine groups is 1. The van der Waals surface area contributed by atoms with Gasteiger partial charge >= 0.3 is 0 Å². The van der Waals surface area contributed by atoms with Crippen molar-refractivity contribution in [2.24, 2.45) is 5.84 Å². The molecular formula is C14H16ClN3O. The number of hydrogen-bond acceptors (Lipinski definition) is 4. The molecule has 0 saturated carbocycles. The number of nitrogens with one attached hydrogen (secondary N) is 1. The molecule has 100 valence electrons. The van der Waals surface area contributed by atoms with Crippen molar-refractivity contribution in [3.05, 3.63) is 58.4 Å². The fraction of sp³-hybridized carbons (Fsp3) is 0.214. The highest BCUT2D eigenvalue weighted by atomic mass is 35.5. The minimum Gasteiger partial charge on any atom is -0.495 e. The second-order valence-electron chi connectivity index (χ2n) is 4.23. The molecule has 0 radical (unpaired) electrons. The van der Waals surface area contributed by atoms with E-state index >= 15 is 0 Å². The highest BCUT2D eigenvalue weighted by Gasteiger charge is 2.14. The van der Waals surface area contributed by atoms with E-state index in [4.69, 9.17) is 22.2 Å². The third-order valence-corrected chi connectivity index (χ3v) is 3.25. The number of aryl methyl sites for hydroxylation is 1. The zero-order chi connectivity index (χ0) is 13.8. The summed E-state index contributed by atoms with van der Waals surface area (Å²) in [4.78, 5) is 4.28. The van der Waals surface area contributed by atoms with Crippen LogP contribution in [0.1, 0.15) is 22.9 Å². The molecule has 3 N–H and O–H groups in total. The van der Waals surface area contributed by atoms with Crippen LogP contribution in [0.5, 0.6) is 5.75 Å². The monoisotopic (exact) mass is 277 g/mol. The van der Waals surface area contributed by atoms with Gasteiger partial charge in [-0.2, -0.15) is 0 Å². The number of methoxy groups -OCH3 is 1. The second kappa shape index (κ2) is 6.02. The molecular weight excluding hydrogens is 262 g/mol. The molecule has 0 aliphatic heterocycles. The van der Waals surface area contributed by atoms with Crippen molar-refractivity contribution >= 4 is 11.6 Å². The molecule has 1 atom stereocenters. The Kier molecular flexibility index (Phi) is 4.37. The summed E-state index contributed by atoms with van der Waals surface area (Å²) in [5, 5.41) is 0.573. The van der Waals surface area contributed by atoms with Crippen LogP contribution in [0.2, 0.25) is 5.02 Å². The van der Waals surface area contributed by atoms with Crippen LogP contribution >= 0.6 is 11.6 Å². The van der Waals surface area contributed by atoms with E-state index < -0.39 is 0 Å². The Bertz CT molecular complexity index is 557. The van der Waals surface area contributed by atoms with Gasteiger partial charge in [0, 0.05) is 11.9 Å². The Hall–Kier alpha value is -1.62. The number of aromatic nitrogens is 1. The van der Waals surface area contributed by atoms with Crippen molar-refractivity contribution in [1.82, 2.24) is 10.4 Å². The Morgan fingerprint density at radius 1 is 1.26 bits per heavy atom. The van der Waals surface area contributed by atoms with Crippen molar-refractivity contribution in [3.8, 4) is 5.75 Å².